The Morgan fingerprint density at radius 3 is 2.00 bits per heavy atom. The van der Waals surface area contributed by atoms with E-state index in [2.05, 4.69) is 30.8 Å². The lowest BCUT2D eigenvalue weighted by molar-refractivity contribution is -0.274. The molecule has 0 atom stereocenters. The highest BCUT2D eigenvalue weighted by molar-refractivity contribution is 5.95. The standard InChI is InChI=1S/C29H35F3N2O5/c1-28(2,3)22-10-12-23(13-11-22)34(27(38)21-8-14-24(15-9-21)39-29(30,31)32)18-19-4-6-20(7-5-19)26(37)33-17-16-25(35)36/h4-9,14-15,22-23H,10-13,16-18H2,1-3H3,(H,33,37)(H,35,36)/t22-,23-. The molecule has 0 heterocycles. The van der Waals surface area contributed by atoms with Crippen LogP contribution >= 0.6 is 0 Å². The summed E-state index contributed by atoms with van der Waals surface area (Å²) in [5.41, 5.74) is 1.58. The van der Waals surface area contributed by atoms with E-state index in [4.69, 9.17) is 5.11 Å². The van der Waals surface area contributed by atoms with Crippen molar-refractivity contribution in [2.45, 2.75) is 71.8 Å². The third kappa shape index (κ3) is 9.01. The van der Waals surface area contributed by atoms with Crippen molar-refractivity contribution in [3.63, 3.8) is 0 Å². The van der Waals surface area contributed by atoms with Crippen molar-refractivity contribution >= 4 is 17.8 Å². The average Bonchev–Trinajstić information content (AvgIpc) is 2.86. The molecule has 2 aromatic rings. The van der Waals surface area contributed by atoms with Crippen LogP contribution in [0.2, 0.25) is 0 Å². The molecule has 0 bridgehead atoms. The van der Waals surface area contributed by atoms with E-state index >= 15 is 0 Å². The van der Waals surface area contributed by atoms with Gasteiger partial charge in [0.1, 0.15) is 5.75 Å². The predicted molar refractivity (Wildman–Crippen MR) is 139 cm³/mol. The van der Waals surface area contributed by atoms with Crippen LogP contribution < -0.4 is 10.1 Å². The van der Waals surface area contributed by atoms with Crippen LogP contribution in [0, 0.1) is 11.3 Å². The molecule has 0 unspecified atom stereocenters. The first kappa shape index (κ1) is 30.0. The SMILES string of the molecule is CC(C)(C)[C@H]1CC[C@H](N(Cc2ccc(C(=O)NCCC(=O)O)cc2)C(=O)c2ccc(OC(F)(F)F)cc2)CC1. The first-order chi connectivity index (χ1) is 18.2. The second kappa shape index (κ2) is 12.5. The fourth-order valence-electron chi connectivity index (χ4n) is 4.93. The Morgan fingerprint density at radius 2 is 1.49 bits per heavy atom. The molecule has 10 heteroatoms. The monoisotopic (exact) mass is 548 g/mol. The van der Waals surface area contributed by atoms with Crippen LogP contribution in [0.5, 0.6) is 5.75 Å². The van der Waals surface area contributed by atoms with E-state index in [1.54, 1.807) is 29.2 Å². The number of nitrogens with one attached hydrogen (secondary N) is 1. The topological polar surface area (TPSA) is 95.9 Å². The number of carboxylic acid groups (broad SMARTS) is 1. The van der Waals surface area contributed by atoms with Crippen LogP contribution in [0.4, 0.5) is 13.2 Å². The third-order valence-electron chi connectivity index (χ3n) is 7.15. The molecule has 0 aromatic heterocycles. The summed E-state index contributed by atoms with van der Waals surface area (Å²) in [6, 6.07) is 11.6. The molecule has 212 valence electrons. The zero-order chi connectivity index (χ0) is 28.8. The first-order valence-electron chi connectivity index (χ1n) is 13.0. The molecular weight excluding hydrogens is 513 g/mol. The average molecular weight is 549 g/mol. The van der Waals surface area contributed by atoms with Crippen molar-refractivity contribution in [1.82, 2.24) is 10.2 Å². The lowest BCUT2D eigenvalue weighted by Gasteiger charge is -2.41. The zero-order valence-electron chi connectivity index (χ0n) is 22.4. The number of alkyl halides is 3. The molecule has 0 saturated heterocycles. The minimum atomic E-state index is -4.82. The summed E-state index contributed by atoms with van der Waals surface area (Å²) < 4.78 is 41.6. The van der Waals surface area contributed by atoms with Crippen LogP contribution in [0.1, 0.15) is 79.2 Å². The van der Waals surface area contributed by atoms with Gasteiger partial charge in [0.05, 0.1) is 6.42 Å². The fourth-order valence-corrected chi connectivity index (χ4v) is 4.93. The summed E-state index contributed by atoms with van der Waals surface area (Å²) >= 11 is 0. The predicted octanol–water partition coefficient (Wildman–Crippen LogP) is 6.04. The molecule has 0 aliphatic heterocycles. The summed E-state index contributed by atoms with van der Waals surface area (Å²) in [5, 5.41) is 11.3. The number of ether oxygens (including phenoxy) is 1. The first-order valence-corrected chi connectivity index (χ1v) is 13.0. The Kier molecular flexibility index (Phi) is 9.63. The molecule has 0 spiro atoms. The van der Waals surface area contributed by atoms with Gasteiger partial charge in [-0.15, -0.1) is 13.2 Å². The number of carbonyl (C=O) groups excluding carboxylic acids is 2. The summed E-state index contributed by atoms with van der Waals surface area (Å²) in [6.45, 7) is 6.92. The summed E-state index contributed by atoms with van der Waals surface area (Å²) in [6.07, 6.45) is -1.44. The van der Waals surface area contributed by atoms with E-state index < -0.39 is 24.0 Å². The number of hydrogen-bond donors (Lipinski definition) is 2. The van der Waals surface area contributed by atoms with Crippen LogP contribution in [0.25, 0.3) is 0 Å². The molecule has 3 rings (SSSR count). The van der Waals surface area contributed by atoms with E-state index in [9.17, 15) is 27.6 Å². The smallest absolute Gasteiger partial charge is 0.481 e. The molecule has 2 amide bonds. The zero-order valence-corrected chi connectivity index (χ0v) is 22.4. The third-order valence-corrected chi connectivity index (χ3v) is 7.15. The number of carboxylic acids is 1. The highest BCUT2D eigenvalue weighted by atomic mass is 19.4. The van der Waals surface area contributed by atoms with Gasteiger partial charge in [0, 0.05) is 30.3 Å². The van der Waals surface area contributed by atoms with Crippen molar-refractivity contribution in [1.29, 1.82) is 0 Å². The summed E-state index contributed by atoms with van der Waals surface area (Å²) in [7, 11) is 0. The number of aliphatic carboxylic acids is 1. The molecule has 7 nitrogen and oxygen atoms in total. The quantitative estimate of drug-likeness (QED) is 0.399. The van der Waals surface area contributed by atoms with Crippen molar-refractivity contribution in [2.75, 3.05) is 6.54 Å². The maximum Gasteiger partial charge on any atom is 0.573 e. The highest BCUT2D eigenvalue weighted by Gasteiger charge is 2.34. The maximum atomic E-state index is 13.6. The molecule has 0 radical (unpaired) electrons. The second-order valence-corrected chi connectivity index (χ2v) is 11.0. The van der Waals surface area contributed by atoms with Gasteiger partial charge in [-0.3, -0.25) is 14.4 Å². The Labute approximate surface area is 226 Å². The number of nitrogens with zero attached hydrogens (tertiary/aromatic N) is 1. The van der Waals surface area contributed by atoms with Crippen molar-refractivity contribution < 1.29 is 37.4 Å². The Hall–Kier alpha value is -3.56. The second-order valence-electron chi connectivity index (χ2n) is 11.0. The highest BCUT2D eigenvalue weighted by Crippen LogP contribution is 2.39. The van der Waals surface area contributed by atoms with Crippen LogP contribution in [-0.4, -0.2) is 46.7 Å². The lowest BCUT2D eigenvalue weighted by atomic mass is 9.71. The van der Waals surface area contributed by atoms with Gasteiger partial charge in [0.25, 0.3) is 11.8 Å². The Bertz CT molecular complexity index is 1130. The summed E-state index contributed by atoms with van der Waals surface area (Å²) in [5.74, 6) is -1.55. The lowest BCUT2D eigenvalue weighted by Crippen LogP contribution is -2.43. The van der Waals surface area contributed by atoms with Gasteiger partial charge in [0.2, 0.25) is 0 Å². The van der Waals surface area contributed by atoms with E-state index in [1.807, 2.05) is 0 Å². The van der Waals surface area contributed by atoms with Gasteiger partial charge in [-0.1, -0.05) is 32.9 Å². The Balaban J connectivity index is 1.77. The summed E-state index contributed by atoms with van der Waals surface area (Å²) in [4.78, 5) is 38.3. The van der Waals surface area contributed by atoms with Crippen molar-refractivity contribution in [3.05, 3.63) is 65.2 Å². The van der Waals surface area contributed by atoms with E-state index in [0.717, 1.165) is 43.4 Å². The maximum absolute atomic E-state index is 13.6. The number of carbonyl (C=O) groups is 3. The van der Waals surface area contributed by atoms with Crippen LogP contribution in [0.3, 0.4) is 0 Å². The fraction of sp³-hybridized carbons (Fsp3) is 0.483. The molecule has 1 saturated carbocycles. The van der Waals surface area contributed by atoms with Gasteiger partial charge in [-0.25, -0.2) is 0 Å². The molecule has 1 aliphatic carbocycles. The van der Waals surface area contributed by atoms with Gasteiger partial charge < -0.3 is 20.1 Å². The van der Waals surface area contributed by atoms with E-state index in [-0.39, 0.29) is 42.4 Å². The number of amides is 2. The normalized spacial score (nSPS) is 17.8. The molecular formula is C29H35F3N2O5. The minimum absolute atomic E-state index is 0.0161. The minimum Gasteiger partial charge on any atom is -0.481 e. The molecule has 2 N–H and O–H groups in total. The molecule has 1 aliphatic rings. The number of rotatable bonds is 9. The molecule has 39 heavy (non-hydrogen) atoms. The van der Waals surface area contributed by atoms with Gasteiger partial charge in [-0.2, -0.15) is 0 Å². The Morgan fingerprint density at radius 1 is 0.923 bits per heavy atom. The van der Waals surface area contributed by atoms with Gasteiger partial charge >= 0.3 is 12.3 Å². The van der Waals surface area contributed by atoms with Crippen molar-refractivity contribution in [3.8, 4) is 5.75 Å². The van der Waals surface area contributed by atoms with Crippen LogP contribution in [-0.2, 0) is 11.3 Å². The number of halogens is 3. The number of hydrogen-bond acceptors (Lipinski definition) is 4. The number of benzene rings is 2. The van der Waals surface area contributed by atoms with E-state index in [0.29, 0.717) is 11.5 Å². The molecule has 2 aromatic carbocycles. The van der Waals surface area contributed by atoms with Crippen LogP contribution in [0.15, 0.2) is 48.5 Å². The van der Waals surface area contributed by atoms with Gasteiger partial charge in [-0.05, 0) is 79.0 Å². The van der Waals surface area contributed by atoms with Gasteiger partial charge in [0.15, 0.2) is 0 Å². The van der Waals surface area contributed by atoms with Crippen molar-refractivity contribution in [2.24, 2.45) is 11.3 Å². The largest absolute Gasteiger partial charge is 0.573 e. The molecule has 1 fully saturated rings. The van der Waals surface area contributed by atoms with E-state index in [1.165, 1.54) is 12.1 Å².